The van der Waals surface area contributed by atoms with E-state index in [1.807, 2.05) is 24.3 Å². The van der Waals surface area contributed by atoms with Gasteiger partial charge in [0.15, 0.2) is 0 Å². The predicted octanol–water partition coefficient (Wildman–Crippen LogP) is 3.55. The van der Waals surface area contributed by atoms with Crippen molar-refractivity contribution in [3.8, 4) is 5.75 Å². The smallest absolute Gasteiger partial charge is 0.406 e. The van der Waals surface area contributed by atoms with E-state index < -0.39 is 22.1 Å². The van der Waals surface area contributed by atoms with Crippen LogP contribution in [0.4, 0.5) is 13.2 Å². The van der Waals surface area contributed by atoms with Crippen molar-refractivity contribution in [1.29, 1.82) is 0 Å². The van der Waals surface area contributed by atoms with Gasteiger partial charge in [-0.25, -0.2) is 13.1 Å². The molecule has 2 aromatic rings. The molecular formula is C16H14F3NO3S. The quantitative estimate of drug-likeness (QED) is 0.910. The van der Waals surface area contributed by atoms with E-state index in [-0.39, 0.29) is 10.9 Å². The van der Waals surface area contributed by atoms with Crippen molar-refractivity contribution < 1.29 is 26.3 Å². The number of rotatable bonds is 4. The number of hydrogen-bond donors (Lipinski definition) is 1. The van der Waals surface area contributed by atoms with E-state index in [1.54, 1.807) is 0 Å². The zero-order valence-corrected chi connectivity index (χ0v) is 13.2. The second-order valence-corrected chi connectivity index (χ2v) is 7.14. The summed E-state index contributed by atoms with van der Waals surface area (Å²) in [4.78, 5) is -0.110. The lowest BCUT2D eigenvalue weighted by Gasteiger charge is -2.15. The van der Waals surface area contributed by atoms with Gasteiger partial charge >= 0.3 is 6.36 Å². The summed E-state index contributed by atoms with van der Waals surface area (Å²) in [6.07, 6.45) is -3.39. The van der Waals surface area contributed by atoms with Gasteiger partial charge in [-0.05, 0) is 48.2 Å². The van der Waals surface area contributed by atoms with Crippen molar-refractivity contribution in [2.75, 3.05) is 0 Å². The molecule has 1 N–H and O–H groups in total. The number of nitrogens with one attached hydrogen (secondary N) is 1. The monoisotopic (exact) mass is 357 g/mol. The largest absolute Gasteiger partial charge is 0.573 e. The van der Waals surface area contributed by atoms with Crippen LogP contribution in [0, 0.1) is 0 Å². The number of hydrogen-bond acceptors (Lipinski definition) is 3. The summed E-state index contributed by atoms with van der Waals surface area (Å²) in [6.45, 7) is 0. The molecule has 2 aromatic carbocycles. The average Bonchev–Trinajstić information content (AvgIpc) is 2.89. The summed E-state index contributed by atoms with van der Waals surface area (Å²) < 4.78 is 67.6. The highest BCUT2D eigenvalue weighted by molar-refractivity contribution is 7.89. The van der Waals surface area contributed by atoms with Crippen molar-refractivity contribution in [3.05, 3.63) is 59.7 Å². The third-order valence-corrected chi connectivity index (χ3v) is 5.29. The third kappa shape index (κ3) is 3.70. The van der Waals surface area contributed by atoms with Crippen LogP contribution in [0.2, 0.25) is 0 Å². The van der Waals surface area contributed by atoms with Gasteiger partial charge in [0.2, 0.25) is 10.0 Å². The molecule has 0 saturated heterocycles. The number of sulfonamides is 1. The van der Waals surface area contributed by atoms with Crippen LogP contribution in [0.3, 0.4) is 0 Å². The first kappa shape index (κ1) is 16.8. The van der Waals surface area contributed by atoms with Crippen molar-refractivity contribution in [2.24, 2.45) is 0 Å². The molecule has 8 heteroatoms. The van der Waals surface area contributed by atoms with Crippen molar-refractivity contribution in [3.63, 3.8) is 0 Å². The van der Waals surface area contributed by atoms with Gasteiger partial charge in [0.25, 0.3) is 0 Å². The van der Waals surface area contributed by atoms with Crippen LogP contribution in [0.5, 0.6) is 5.75 Å². The van der Waals surface area contributed by atoms with Gasteiger partial charge in [0, 0.05) is 6.04 Å². The molecule has 4 nitrogen and oxygen atoms in total. The average molecular weight is 357 g/mol. The minimum atomic E-state index is -4.81. The molecule has 0 aliphatic heterocycles. The lowest BCUT2D eigenvalue weighted by molar-refractivity contribution is -0.274. The molecule has 3 rings (SSSR count). The minimum Gasteiger partial charge on any atom is -0.406 e. The van der Waals surface area contributed by atoms with Crippen molar-refractivity contribution >= 4 is 10.0 Å². The molecule has 0 radical (unpaired) electrons. The molecule has 0 heterocycles. The van der Waals surface area contributed by atoms with E-state index in [4.69, 9.17) is 0 Å². The van der Waals surface area contributed by atoms with Crippen LogP contribution in [0.15, 0.2) is 53.4 Å². The number of fused-ring (bicyclic) bond motifs is 1. The third-order valence-electron chi connectivity index (χ3n) is 3.80. The number of aryl methyl sites for hydroxylation is 1. The highest BCUT2D eigenvalue weighted by atomic mass is 32.2. The van der Waals surface area contributed by atoms with Gasteiger partial charge in [-0.15, -0.1) is 13.2 Å². The summed E-state index contributed by atoms with van der Waals surface area (Å²) in [5, 5.41) is 0. The molecule has 1 aliphatic carbocycles. The van der Waals surface area contributed by atoms with Gasteiger partial charge in [-0.2, -0.15) is 0 Å². The predicted molar refractivity (Wildman–Crippen MR) is 81.0 cm³/mol. The van der Waals surface area contributed by atoms with Crippen LogP contribution in [0.25, 0.3) is 0 Å². The highest BCUT2D eigenvalue weighted by Crippen LogP contribution is 2.32. The Morgan fingerprint density at radius 2 is 1.71 bits per heavy atom. The van der Waals surface area contributed by atoms with Gasteiger partial charge < -0.3 is 4.74 Å². The summed E-state index contributed by atoms with van der Waals surface area (Å²) >= 11 is 0. The van der Waals surface area contributed by atoms with Crippen molar-refractivity contribution in [2.45, 2.75) is 30.1 Å². The fourth-order valence-electron chi connectivity index (χ4n) is 2.76. The van der Waals surface area contributed by atoms with Crippen LogP contribution in [-0.4, -0.2) is 14.8 Å². The summed E-state index contributed by atoms with van der Waals surface area (Å²) in [6, 6.07) is 11.4. The molecule has 0 unspecified atom stereocenters. The van der Waals surface area contributed by atoms with Gasteiger partial charge in [-0.3, -0.25) is 0 Å². The summed E-state index contributed by atoms with van der Waals surface area (Å²) in [5.74, 6) is -0.465. The summed E-state index contributed by atoms with van der Waals surface area (Å²) in [7, 11) is -3.83. The molecule has 1 aliphatic rings. The van der Waals surface area contributed by atoms with Crippen LogP contribution in [-0.2, 0) is 16.4 Å². The van der Waals surface area contributed by atoms with Gasteiger partial charge in [0.1, 0.15) is 5.75 Å². The first-order chi connectivity index (χ1) is 11.2. The Labute approximate surface area is 137 Å². The fraction of sp³-hybridized carbons (Fsp3) is 0.250. The molecule has 0 saturated carbocycles. The zero-order chi connectivity index (χ0) is 17.4. The Kier molecular flexibility index (Phi) is 4.27. The van der Waals surface area contributed by atoms with E-state index in [2.05, 4.69) is 9.46 Å². The number of alkyl halides is 3. The molecule has 24 heavy (non-hydrogen) atoms. The number of ether oxygens (including phenoxy) is 1. The Morgan fingerprint density at radius 1 is 1.04 bits per heavy atom. The standard InChI is InChI=1S/C16H14F3NO3S/c17-16(18,19)23-12-6-8-13(9-7-12)24(21,22)20-15-10-5-11-3-1-2-4-14(11)15/h1-4,6-9,15,20H,5,10H2/t15-/m0/s1. The Balaban J connectivity index is 1.77. The second-order valence-electron chi connectivity index (χ2n) is 5.43. The van der Waals surface area contributed by atoms with E-state index in [0.29, 0.717) is 6.42 Å². The highest BCUT2D eigenvalue weighted by Gasteiger charge is 2.31. The Hall–Kier alpha value is -2.06. The van der Waals surface area contributed by atoms with E-state index in [9.17, 15) is 21.6 Å². The molecular weight excluding hydrogens is 343 g/mol. The van der Waals surface area contributed by atoms with Gasteiger partial charge in [0.05, 0.1) is 4.90 Å². The second kappa shape index (κ2) is 6.10. The van der Waals surface area contributed by atoms with Crippen molar-refractivity contribution in [1.82, 2.24) is 4.72 Å². The maximum atomic E-state index is 12.4. The fourth-order valence-corrected chi connectivity index (χ4v) is 4.01. The molecule has 1 atom stereocenters. The topological polar surface area (TPSA) is 55.4 Å². The van der Waals surface area contributed by atoms with Crippen LogP contribution >= 0.6 is 0 Å². The lowest BCUT2D eigenvalue weighted by Crippen LogP contribution is -2.27. The molecule has 0 fully saturated rings. The first-order valence-corrected chi connectivity index (χ1v) is 8.69. The maximum Gasteiger partial charge on any atom is 0.573 e. The van der Waals surface area contributed by atoms with E-state index in [0.717, 1.165) is 41.8 Å². The molecule has 0 aromatic heterocycles. The van der Waals surface area contributed by atoms with Gasteiger partial charge in [-0.1, -0.05) is 24.3 Å². The first-order valence-electron chi connectivity index (χ1n) is 7.20. The Bertz CT molecular complexity index is 832. The SMILES string of the molecule is O=S(=O)(N[C@H]1CCc2ccccc21)c1ccc(OC(F)(F)F)cc1. The molecule has 0 amide bonds. The Morgan fingerprint density at radius 3 is 2.38 bits per heavy atom. The number of benzene rings is 2. The number of halogens is 3. The zero-order valence-electron chi connectivity index (χ0n) is 12.4. The minimum absolute atomic E-state index is 0.110. The lowest BCUT2D eigenvalue weighted by atomic mass is 10.1. The molecule has 0 spiro atoms. The molecule has 128 valence electrons. The van der Waals surface area contributed by atoms with E-state index in [1.165, 1.54) is 0 Å². The normalized spacial score (nSPS) is 17.5. The molecule has 0 bridgehead atoms. The van der Waals surface area contributed by atoms with Crippen LogP contribution in [0.1, 0.15) is 23.6 Å². The maximum absolute atomic E-state index is 12.4. The summed E-state index contributed by atoms with van der Waals surface area (Å²) in [5.41, 5.74) is 2.03. The van der Waals surface area contributed by atoms with E-state index >= 15 is 0 Å². The van der Waals surface area contributed by atoms with Crippen LogP contribution < -0.4 is 9.46 Å².